The van der Waals surface area contributed by atoms with Gasteiger partial charge in [-0.15, -0.1) is 5.10 Å². The number of amidine groups is 1. The molecular weight excluding hydrogens is 370 g/mol. The third-order valence-electron chi connectivity index (χ3n) is 4.49. The fourth-order valence-electron chi connectivity index (χ4n) is 2.90. The molecule has 28 heavy (non-hydrogen) atoms. The van der Waals surface area contributed by atoms with Gasteiger partial charge >= 0.3 is 0 Å². The molecule has 0 saturated carbocycles. The first-order valence-corrected chi connectivity index (χ1v) is 10.4. The van der Waals surface area contributed by atoms with Gasteiger partial charge in [0.15, 0.2) is 5.17 Å². The van der Waals surface area contributed by atoms with Gasteiger partial charge < -0.3 is 4.74 Å². The normalized spacial score (nSPS) is 18.4. The number of thioether (sulfide) groups is 1. The molecule has 0 spiro atoms. The lowest BCUT2D eigenvalue weighted by atomic mass is 10.1. The van der Waals surface area contributed by atoms with E-state index in [4.69, 9.17) is 4.74 Å². The molecular formula is C22H25N3O2S. The van der Waals surface area contributed by atoms with Crippen LogP contribution in [-0.4, -0.2) is 34.5 Å². The second-order valence-electron chi connectivity index (χ2n) is 6.56. The monoisotopic (exact) mass is 395 g/mol. The molecule has 6 heteroatoms. The Bertz CT molecular complexity index is 835. The van der Waals surface area contributed by atoms with E-state index < -0.39 is 0 Å². The van der Waals surface area contributed by atoms with E-state index in [1.807, 2.05) is 54.6 Å². The molecule has 5 nitrogen and oxygen atoms in total. The van der Waals surface area contributed by atoms with Crippen LogP contribution in [-0.2, 0) is 11.3 Å². The number of hydrogen-bond donors (Lipinski definition) is 0. The van der Waals surface area contributed by atoms with Crippen LogP contribution in [0, 0.1) is 0 Å². The van der Waals surface area contributed by atoms with Crippen molar-refractivity contribution < 1.29 is 9.53 Å². The molecule has 146 valence electrons. The van der Waals surface area contributed by atoms with Gasteiger partial charge in [-0.2, -0.15) is 5.10 Å². The fraction of sp³-hybridized carbons (Fsp3) is 0.318. The molecule has 0 bridgehead atoms. The second kappa shape index (κ2) is 10.1. The van der Waals surface area contributed by atoms with E-state index in [1.165, 1.54) is 11.8 Å². The standard InChI is InChI=1S/C22H25N3O2S/c1-3-4-10-20-21(26)25(16-18-11-13-19(27-2)14-12-18)22(28-20)24-23-15-17-8-6-5-7-9-17/h5-9,11-15,20H,3-4,10,16H2,1-2H3/b23-15+,24-22-. The number of carbonyl (C=O) groups is 1. The van der Waals surface area contributed by atoms with Gasteiger partial charge in [0.2, 0.25) is 5.91 Å². The van der Waals surface area contributed by atoms with Crippen molar-refractivity contribution in [2.45, 2.75) is 38.0 Å². The summed E-state index contributed by atoms with van der Waals surface area (Å²) in [5, 5.41) is 9.17. The number of benzene rings is 2. The maximum atomic E-state index is 12.9. The Labute approximate surface area is 170 Å². The molecule has 0 N–H and O–H groups in total. The number of unbranched alkanes of at least 4 members (excludes halogenated alkanes) is 1. The molecule has 1 unspecified atom stereocenters. The lowest BCUT2D eigenvalue weighted by Gasteiger charge is -2.16. The van der Waals surface area contributed by atoms with Crippen molar-refractivity contribution in [2.75, 3.05) is 7.11 Å². The van der Waals surface area contributed by atoms with Crippen molar-refractivity contribution in [1.29, 1.82) is 0 Å². The molecule has 0 radical (unpaired) electrons. The Morgan fingerprint density at radius 3 is 2.57 bits per heavy atom. The minimum Gasteiger partial charge on any atom is -0.497 e. The molecule has 0 aliphatic carbocycles. The quantitative estimate of drug-likeness (QED) is 0.480. The van der Waals surface area contributed by atoms with Gasteiger partial charge in [0.25, 0.3) is 0 Å². The first kappa shape index (κ1) is 20.1. The number of amides is 1. The molecule has 1 saturated heterocycles. The molecule has 2 aromatic carbocycles. The topological polar surface area (TPSA) is 54.3 Å². The molecule has 1 amide bonds. The zero-order valence-electron chi connectivity index (χ0n) is 16.2. The van der Waals surface area contributed by atoms with E-state index >= 15 is 0 Å². The van der Waals surface area contributed by atoms with Gasteiger partial charge in [-0.25, -0.2) is 0 Å². The van der Waals surface area contributed by atoms with Gasteiger partial charge in [-0.05, 0) is 29.7 Å². The summed E-state index contributed by atoms with van der Waals surface area (Å²) >= 11 is 1.52. The van der Waals surface area contributed by atoms with E-state index in [2.05, 4.69) is 17.1 Å². The van der Waals surface area contributed by atoms with Gasteiger partial charge in [0.1, 0.15) is 5.75 Å². The van der Waals surface area contributed by atoms with Crippen molar-refractivity contribution in [3.8, 4) is 5.75 Å². The summed E-state index contributed by atoms with van der Waals surface area (Å²) < 4.78 is 5.21. The summed E-state index contributed by atoms with van der Waals surface area (Å²) in [5.74, 6) is 0.913. The highest BCUT2D eigenvalue weighted by Crippen LogP contribution is 2.32. The summed E-state index contributed by atoms with van der Waals surface area (Å²) in [6.45, 7) is 2.62. The van der Waals surface area contributed by atoms with Crippen LogP contribution in [0.2, 0.25) is 0 Å². The molecule has 1 aliphatic heterocycles. The molecule has 0 aromatic heterocycles. The van der Waals surface area contributed by atoms with Crippen molar-refractivity contribution >= 4 is 29.1 Å². The molecule has 1 aliphatic rings. The minimum atomic E-state index is -0.0797. The Morgan fingerprint density at radius 2 is 1.89 bits per heavy atom. The van der Waals surface area contributed by atoms with Crippen molar-refractivity contribution in [3.05, 3.63) is 65.7 Å². The maximum absolute atomic E-state index is 12.9. The number of rotatable bonds is 8. The van der Waals surface area contributed by atoms with E-state index in [0.717, 1.165) is 36.1 Å². The largest absolute Gasteiger partial charge is 0.497 e. The molecule has 2 aromatic rings. The van der Waals surface area contributed by atoms with E-state index in [9.17, 15) is 4.79 Å². The molecule has 1 atom stereocenters. The predicted molar refractivity (Wildman–Crippen MR) is 116 cm³/mol. The summed E-state index contributed by atoms with van der Waals surface area (Å²) in [5.41, 5.74) is 2.01. The third-order valence-corrected chi connectivity index (χ3v) is 5.72. The average molecular weight is 396 g/mol. The Kier molecular flexibility index (Phi) is 7.25. The van der Waals surface area contributed by atoms with Gasteiger partial charge in [-0.3, -0.25) is 9.69 Å². The molecule has 1 heterocycles. The molecule has 1 fully saturated rings. The van der Waals surface area contributed by atoms with Crippen LogP contribution in [0.3, 0.4) is 0 Å². The number of ether oxygens (including phenoxy) is 1. The van der Waals surface area contributed by atoms with Gasteiger partial charge in [0.05, 0.1) is 25.1 Å². The number of methoxy groups -OCH3 is 1. The Balaban J connectivity index is 1.78. The lowest BCUT2D eigenvalue weighted by Crippen LogP contribution is -2.31. The van der Waals surface area contributed by atoms with Crippen LogP contribution < -0.4 is 4.74 Å². The van der Waals surface area contributed by atoms with Crippen LogP contribution in [0.25, 0.3) is 0 Å². The van der Waals surface area contributed by atoms with E-state index in [1.54, 1.807) is 18.2 Å². The summed E-state index contributed by atoms with van der Waals surface area (Å²) in [6, 6.07) is 17.6. The zero-order valence-corrected chi connectivity index (χ0v) is 17.1. The van der Waals surface area contributed by atoms with Crippen molar-refractivity contribution in [1.82, 2.24) is 4.90 Å². The van der Waals surface area contributed by atoms with Crippen LogP contribution in [0.5, 0.6) is 5.75 Å². The summed E-state index contributed by atoms with van der Waals surface area (Å²) in [4.78, 5) is 14.7. The first-order chi connectivity index (χ1) is 13.7. The van der Waals surface area contributed by atoms with Gasteiger partial charge in [-0.1, -0.05) is 74.0 Å². The highest BCUT2D eigenvalue weighted by molar-refractivity contribution is 8.15. The molecule has 3 rings (SSSR count). The zero-order chi connectivity index (χ0) is 19.8. The number of carbonyl (C=O) groups excluding carboxylic acids is 1. The predicted octanol–water partition coefficient (Wildman–Crippen LogP) is 4.72. The average Bonchev–Trinajstić information content (AvgIpc) is 3.02. The maximum Gasteiger partial charge on any atom is 0.242 e. The third kappa shape index (κ3) is 5.23. The Hall–Kier alpha value is -2.60. The second-order valence-corrected chi connectivity index (χ2v) is 7.73. The fourth-order valence-corrected chi connectivity index (χ4v) is 4.05. The van der Waals surface area contributed by atoms with Gasteiger partial charge in [0, 0.05) is 0 Å². The smallest absolute Gasteiger partial charge is 0.242 e. The van der Waals surface area contributed by atoms with Crippen molar-refractivity contribution in [3.63, 3.8) is 0 Å². The summed E-state index contributed by atoms with van der Waals surface area (Å²) in [7, 11) is 1.64. The highest BCUT2D eigenvalue weighted by atomic mass is 32.2. The van der Waals surface area contributed by atoms with Crippen LogP contribution in [0.4, 0.5) is 0 Å². The van der Waals surface area contributed by atoms with Crippen LogP contribution in [0.15, 0.2) is 64.8 Å². The van der Waals surface area contributed by atoms with Crippen molar-refractivity contribution in [2.24, 2.45) is 10.2 Å². The van der Waals surface area contributed by atoms with E-state index in [-0.39, 0.29) is 11.2 Å². The summed E-state index contributed by atoms with van der Waals surface area (Å²) in [6.07, 6.45) is 4.67. The highest BCUT2D eigenvalue weighted by Gasteiger charge is 2.37. The number of nitrogens with zero attached hydrogens (tertiary/aromatic N) is 3. The van der Waals surface area contributed by atoms with E-state index in [0.29, 0.717) is 11.7 Å². The minimum absolute atomic E-state index is 0.0797. The number of hydrogen-bond acceptors (Lipinski definition) is 5. The Morgan fingerprint density at radius 1 is 1.14 bits per heavy atom. The first-order valence-electron chi connectivity index (χ1n) is 9.48. The lowest BCUT2D eigenvalue weighted by molar-refractivity contribution is -0.126. The SMILES string of the molecule is CCCCC1S/C(=N\N=C\c2ccccc2)N(Cc2ccc(OC)cc2)C1=O. The van der Waals surface area contributed by atoms with Crippen LogP contribution in [0.1, 0.15) is 37.3 Å². The van der Waals surface area contributed by atoms with Crippen LogP contribution >= 0.6 is 11.8 Å².